The molecule has 0 heterocycles. The average Bonchev–Trinajstić information content (AvgIpc) is 1.41. The zero-order valence-electron chi connectivity index (χ0n) is 2.94. The van der Waals surface area contributed by atoms with E-state index in [1.54, 1.807) is 0 Å². The molecule has 0 saturated heterocycles. The summed E-state index contributed by atoms with van der Waals surface area (Å²) in [5.41, 5.74) is 7.45. The molecule has 0 atom stereocenters. The number of hydrogen-bond acceptors (Lipinski definition) is 1. The molecule has 0 amide bonds. The van der Waals surface area contributed by atoms with Crippen LogP contribution in [0.2, 0.25) is 0 Å². The summed E-state index contributed by atoms with van der Waals surface area (Å²) in [4.78, 5) is 2.36. The summed E-state index contributed by atoms with van der Waals surface area (Å²) in [5, 5.41) is 2.92. The fraction of sp³-hybridized carbons (Fsp3) is 0. The van der Waals surface area contributed by atoms with Gasteiger partial charge in [0.15, 0.2) is 0 Å². The van der Waals surface area contributed by atoms with E-state index in [1.807, 2.05) is 0 Å². The van der Waals surface area contributed by atoms with Gasteiger partial charge in [-0.3, -0.25) is 0 Å². The Morgan fingerprint density at radius 1 is 1.83 bits per heavy atom. The molecular weight excluding hydrogens is 261 g/mol. The first-order valence-corrected chi connectivity index (χ1v) is 1.07. The van der Waals surface area contributed by atoms with Crippen molar-refractivity contribution in [3.05, 3.63) is 23.2 Å². The Balaban J connectivity index is 0. The van der Waals surface area contributed by atoms with E-state index in [-0.39, 0.29) is 21.1 Å². The van der Waals surface area contributed by atoms with Crippen molar-refractivity contribution in [2.75, 3.05) is 0 Å². The smallest absolute Gasteiger partial charge is 0.00473 e. The van der Waals surface area contributed by atoms with E-state index in [9.17, 15) is 0 Å². The van der Waals surface area contributed by atoms with Gasteiger partial charge in [-0.2, -0.15) is 0 Å². The summed E-state index contributed by atoms with van der Waals surface area (Å²) < 4.78 is 0. The molecule has 0 radical (unpaired) electrons. The molecule has 0 aliphatic carbocycles. The second kappa shape index (κ2) is 8.83. The van der Waals surface area contributed by atoms with Crippen molar-refractivity contribution in [3.8, 4) is 0 Å². The molecule has 0 aromatic carbocycles. The second-order valence-corrected chi connectivity index (χ2v) is 0.387. The van der Waals surface area contributed by atoms with Gasteiger partial charge in [-0.15, -0.1) is 0 Å². The maximum Gasteiger partial charge on any atom is 0.00473 e. The summed E-state index contributed by atoms with van der Waals surface area (Å²) in [7, 11) is 0. The molecule has 3 nitrogen and oxygen atoms in total. The topological polar surface area (TPSA) is 48.8 Å². The van der Waals surface area contributed by atoms with E-state index >= 15 is 0 Å². The van der Waals surface area contributed by atoms with Crippen LogP contribution in [0.3, 0.4) is 0 Å². The van der Waals surface area contributed by atoms with E-state index < -0.39 is 0 Å². The first-order valence-electron chi connectivity index (χ1n) is 1.07. The van der Waals surface area contributed by atoms with Crippen LogP contribution in [0.1, 0.15) is 0 Å². The maximum absolute atomic E-state index is 7.45. The van der Waals surface area contributed by atoms with Gasteiger partial charge in [0.05, 0.1) is 0 Å². The van der Waals surface area contributed by atoms with Gasteiger partial charge in [0.25, 0.3) is 0 Å². The van der Waals surface area contributed by atoms with Gasteiger partial charge in [-0.1, -0.05) is 11.7 Å². The molecule has 0 aromatic heterocycles. The van der Waals surface area contributed by atoms with Gasteiger partial charge < -0.3 is 0 Å². The Kier molecular flexibility index (Phi) is 13.6. The Morgan fingerprint density at radius 2 is 2.33 bits per heavy atom. The van der Waals surface area contributed by atoms with Crippen LogP contribution in [0.5, 0.6) is 0 Å². The van der Waals surface area contributed by atoms with Crippen molar-refractivity contribution in [2.24, 2.45) is 5.11 Å². The van der Waals surface area contributed by atoms with Gasteiger partial charge in [0, 0.05) is 26.0 Å². The summed E-state index contributed by atoms with van der Waals surface area (Å²) in [6.07, 6.45) is 1.14. The summed E-state index contributed by atoms with van der Waals surface area (Å²) in [5.74, 6) is 0. The van der Waals surface area contributed by atoms with Gasteiger partial charge in [-0.05, 0) is 11.7 Å². The minimum absolute atomic E-state index is 0. The Morgan fingerprint density at radius 3 is 2.33 bits per heavy atom. The van der Waals surface area contributed by atoms with Crippen molar-refractivity contribution < 1.29 is 21.1 Å². The molecule has 0 fully saturated rings. The normalized spacial score (nSPS) is 4.00. The van der Waals surface area contributed by atoms with E-state index in [0.717, 1.165) is 6.20 Å². The van der Waals surface area contributed by atoms with E-state index in [4.69, 9.17) is 5.53 Å². The zero-order valence-corrected chi connectivity index (χ0v) is 5.21. The van der Waals surface area contributed by atoms with Crippen LogP contribution in [0.15, 0.2) is 17.9 Å². The van der Waals surface area contributed by atoms with Crippen molar-refractivity contribution in [1.29, 1.82) is 0 Å². The van der Waals surface area contributed by atoms with Crippen LogP contribution >= 0.6 is 0 Å². The Hall–Kier alpha value is -0.262. The first kappa shape index (κ1) is 9.22. The first-order chi connectivity index (χ1) is 2.41. The largest absolute Gasteiger partial charge is 0.0968 e. The van der Waals surface area contributed by atoms with E-state index in [1.165, 1.54) is 0 Å². The molecule has 0 aliphatic rings. The molecule has 4 heteroatoms. The fourth-order valence-corrected chi connectivity index (χ4v) is 0.0365. The van der Waals surface area contributed by atoms with Crippen LogP contribution in [0.25, 0.3) is 10.4 Å². The quantitative estimate of drug-likeness (QED) is 0.391. The third-order valence-electron chi connectivity index (χ3n) is 0.133. The SMILES string of the molecule is C=CN=[N+]=[N-].[Pt]. The van der Waals surface area contributed by atoms with Crippen molar-refractivity contribution in [2.45, 2.75) is 0 Å². The average molecular weight is 264 g/mol. The molecule has 0 saturated carbocycles. The minimum atomic E-state index is 0. The van der Waals surface area contributed by atoms with Crippen LogP contribution in [-0.4, -0.2) is 0 Å². The molecule has 0 rings (SSSR count). The summed E-state index contributed by atoms with van der Waals surface area (Å²) >= 11 is 0. The van der Waals surface area contributed by atoms with Gasteiger partial charge in [0.1, 0.15) is 0 Å². The van der Waals surface area contributed by atoms with Crippen LogP contribution in [0.4, 0.5) is 0 Å². The van der Waals surface area contributed by atoms with Crippen molar-refractivity contribution in [1.82, 2.24) is 0 Å². The Bertz CT molecular complexity index is 72.9. The molecular formula is C2H3N3Pt. The second-order valence-electron chi connectivity index (χ2n) is 0.387. The van der Waals surface area contributed by atoms with E-state index in [2.05, 4.69) is 16.6 Å². The molecule has 0 unspecified atom stereocenters. The minimum Gasteiger partial charge on any atom is -0.0968 e. The summed E-state index contributed by atoms with van der Waals surface area (Å²) in [6, 6.07) is 0. The Labute approximate surface area is 49.9 Å². The third kappa shape index (κ3) is 9.28. The standard InChI is InChI=1S/C2H3N3.Pt/c1-2-4-5-3;/h2H,1H2;. The summed E-state index contributed by atoms with van der Waals surface area (Å²) in [6.45, 7) is 3.13. The van der Waals surface area contributed by atoms with Crippen LogP contribution < -0.4 is 0 Å². The van der Waals surface area contributed by atoms with Crippen LogP contribution in [-0.2, 0) is 21.1 Å². The maximum atomic E-state index is 7.45. The molecule has 0 aromatic rings. The molecule has 0 spiro atoms. The number of hydrogen-bond donors (Lipinski definition) is 0. The molecule has 6 heavy (non-hydrogen) atoms. The molecule has 0 N–H and O–H groups in total. The monoisotopic (exact) mass is 264 g/mol. The molecule has 0 aliphatic heterocycles. The van der Waals surface area contributed by atoms with Crippen molar-refractivity contribution in [3.63, 3.8) is 0 Å². The fourth-order valence-electron chi connectivity index (χ4n) is 0.0365. The molecule has 0 bridgehead atoms. The predicted molar refractivity (Wildman–Crippen MR) is 19.3 cm³/mol. The third-order valence-corrected chi connectivity index (χ3v) is 0.133. The van der Waals surface area contributed by atoms with E-state index in [0.29, 0.717) is 0 Å². The number of nitrogens with zero attached hydrogens (tertiary/aromatic N) is 3. The number of azide groups is 1. The van der Waals surface area contributed by atoms with Gasteiger partial charge >= 0.3 is 0 Å². The molecule has 36 valence electrons. The van der Waals surface area contributed by atoms with Crippen molar-refractivity contribution >= 4 is 0 Å². The predicted octanol–water partition coefficient (Wildman–Crippen LogP) is 1.44. The van der Waals surface area contributed by atoms with Gasteiger partial charge in [-0.25, -0.2) is 0 Å². The number of rotatable bonds is 1. The zero-order chi connectivity index (χ0) is 4.12. The van der Waals surface area contributed by atoms with Crippen LogP contribution in [0, 0.1) is 0 Å². The van der Waals surface area contributed by atoms with Gasteiger partial charge in [0.2, 0.25) is 0 Å².